The van der Waals surface area contributed by atoms with Crippen molar-refractivity contribution in [3.05, 3.63) is 35.5 Å². The maximum absolute atomic E-state index is 5.90. The molecule has 0 fully saturated rings. The van der Waals surface area contributed by atoms with Gasteiger partial charge in [-0.05, 0) is 24.1 Å². The Morgan fingerprint density at radius 3 is 2.56 bits per heavy atom. The van der Waals surface area contributed by atoms with Gasteiger partial charge in [0.25, 0.3) is 0 Å². The van der Waals surface area contributed by atoms with Crippen LogP contribution in [0.2, 0.25) is 0 Å². The van der Waals surface area contributed by atoms with Gasteiger partial charge in [0.05, 0.1) is 13.7 Å². The fourth-order valence-corrected chi connectivity index (χ4v) is 2.62. The molecule has 1 aromatic carbocycles. The summed E-state index contributed by atoms with van der Waals surface area (Å²) < 4.78 is 11.3. The number of nitrogens with zero attached hydrogens (tertiary/aromatic N) is 2. The zero-order chi connectivity index (χ0) is 18.1. The first kappa shape index (κ1) is 18.8. The Morgan fingerprint density at radius 2 is 1.84 bits per heavy atom. The average molecular weight is 344 g/mol. The van der Waals surface area contributed by atoms with Gasteiger partial charge in [-0.2, -0.15) is 4.98 Å². The highest BCUT2D eigenvalue weighted by atomic mass is 16.5. The van der Waals surface area contributed by atoms with E-state index in [1.54, 1.807) is 13.3 Å². The number of hydrogen-bond donors (Lipinski definition) is 2. The van der Waals surface area contributed by atoms with E-state index in [0.717, 1.165) is 29.0 Å². The first-order chi connectivity index (χ1) is 12.1. The molecule has 2 rings (SSSR count). The highest BCUT2D eigenvalue weighted by Gasteiger charge is 2.09. The van der Waals surface area contributed by atoms with E-state index >= 15 is 0 Å². The van der Waals surface area contributed by atoms with Crippen molar-refractivity contribution in [3.63, 3.8) is 0 Å². The summed E-state index contributed by atoms with van der Waals surface area (Å²) in [5.41, 5.74) is 13.3. The van der Waals surface area contributed by atoms with E-state index in [4.69, 9.17) is 20.9 Å². The summed E-state index contributed by atoms with van der Waals surface area (Å²) in [6.45, 7) is 2.92. The van der Waals surface area contributed by atoms with Crippen molar-refractivity contribution in [2.24, 2.45) is 0 Å². The van der Waals surface area contributed by atoms with Gasteiger partial charge in [0.15, 0.2) is 11.5 Å². The number of aromatic nitrogens is 2. The van der Waals surface area contributed by atoms with Gasteiger partial charge in [0, 0.05) is 18.2 Å². The molecule has 0 amide bonds. The Labute approximate surface area is 149 Å². The van der Waals surface area contributed by atoms with Crippen molar-refractivity contribution in [1.82, 2.24) is 9.97 Å². The number of anilines is 2. The molecule has 25 heavy (non-hydrogen) atoms. The molecule has 0 saturated heterocycles. The molecular formula is C19H28N4O2. The van der Waals surface area contributed by atoms with Crippen molar-refractivity contribution in [3.8, 4) is 11.5 Å². The van der Waals surface area contributed by atoms with Crippen molar-refractivity contribution >= 4 is 11.8 Å². The van der Waals surface area contributed by atoms with Gasteiger partial charge < -0.3 is 20.9 Å². The van der Waals surface area contributed by atoms with Gasteiger partial charge >= 0.3 is 0 Å². The minimum Gasteiger partial charge on any atom is -0.493 e. The molecule has 0 saturated carbocycles. The maximum Gasteiger partial charge on any atom is 0.221 e. The zero-order valence-electron chi connectivity index (χ0n) is 15.1. The van der Waals surface area contributed by atoms with Crippen LogP contribution in [0.4, 0.5) is 11.8 Å². The van der Waals surface area contributed by atoms with Crippen LogP contribution in [0.25, 0.3) is 0 Å². The summed E-state index contributed by atoms with van der Waals surface area (Å²) in [7, 11) is 1.65. The number of hydrogen-bond acceptors (Lipinski definition) is 6. The van der Waals surface area contributed by atoms with Gasteiger partial charge in [-0.3, -0.25) is 0 Å². The van der Waals surface area contributed by atoms with Gasteiger partial charge in [0.2, 0.25) is 5.95 Å². The Balaban J connectivity index is 1.96. The van der Waals surface area contributed by atoms with E-state index in [-0.39, 0.29) is 5.95 Å². The van der Waals surface area contributed by atoms with Crippen molar-refractivity contribution in [2.75, 3.05) is 25.2 Å². The first-order valence-electron chi connectivity index (χ1n) is 8.80. The quantitative estimate of drug-likeness (QED) is 0.639. The number of methoxy groups -OCH3 is 1. The SMILES string of the molecule is CCCCCCCOc1ccc(Cc2cnc(N)nc2N)cc1OC. The van der Waals surface area contributed by atoms with Crippen LogP contribution in [-0.4, -0.2) is 23.7 Å². The van der Waals surface area contributed by atoms with E-state index in [0.29, 0.717) is 18.8 Å². The molecule has 6 nitrogen and oxygen atoms in total. The largest absolute Gasteiger partial charge is 0.493 e. The highest BCUT2D eigenvalue weighted by Crippen LogP contribution is 2.29. The third-order valence-corrected chi connectivity index (χ3v) is 4.04. The van der Waals surface area contributed by atoms with Crippen molar-refractivity contribution in [1.29, 1.82) is 0 Å². The van der Waals surface area contributed by atoms with Crippen LogP contribution in [0.5, 0.6) is 11.5 Å². The van der Waals surface area contributed by atoms with Crippen LogP contribution in [0.3, 0.4) is 0 Å². The summed E-state index contributed by atoms with van der Waals surface area (Å²) in [5, 5.41) is 0. The monoisotopic (exact) mass is 344 g/mol. The molecule has 0 aliphatic carbocycles. The molecule has 0 radical (unpaired) electrons. The maximum atomic E-state index is 5.90. The normalized spacial score (nSPS) is 10.6. The second kappa shape index (κ2) is 9.71. The number of nitrogen functional groups attached to an aromatic ring is 2. The number of ether oxygens (including phenoxy) is 2. The van der Waals surface area contributed by atoms with E-state index in [9.17, 15) is 0 Å². The van der Waals surface area contributed by atoms with E-state index in [1.165, 1.54) is 25.7 Å². The third kappa shape index (κ3) is 5.81. The lowest BCUT2D eigenvalue weighted by atomic mass is 10.1. The fraction of sp³-hybridized carbons (Fsp3) is 0.474. The van der Waals surface area contributed by atoms with E-state index in [2.05, 4.69) is 16.9 Å². The Bertz CT molecular complexity index is 676. The van der Waals surface area contributed by atoms with Gasteiger partial charge in [-0.15, -0.1) is 0 Å². The molecule has 0 aliphatic heterocycles. The number of nitrogens with two attached hydrogens (primary N) is 2. The molecule has 4 N–H and O–H groups in total. The van der Waals surface area contributed by atoms with Crippen LogP contribution in [0.1, 0.15) is 50.2 Å². The lowest BCUT2D eigenvalue weighted by Crippen LogP contribution is -2.04. The molecule has 1 aromatic heterocycles. The summed E-state index contributed by atoms with van der Waals surface area (Å²) >= 11 is 0. The Morgan fingerprint density at radius 1 is 1.04 bits per heavy atom. The molecule has 0 bridgehead atoms. The summed E-state index contributed by atoms with van der Waals surface area (Å²) in [6, 6.07) is 5.90. The Kier molecular flexibility index (Phi) is 7.32. The van der Waals surface area contributed by atoms with E-state index in [1.807, 2.05) is 18.2 Å². The predicted octanol–water partition coefficient (Wildman–Crippen LogP) is 3.59. The second-order valence-corrected chi connectivity index (χ2v) is 6.06. The van der Waals surface area contributed by atoms with Crippen molar-refractivity contribution in [2.45, 2.75) is 45.4 Å². The summed E-state index contributed by atoms with van der Waals surface area (Å²) in [4.78, 5) is 7.99. The average Bonchev–Trinajstić information content (AvgIpc) is 2.61. The van der Waals surface area contributed by atoms with Crippen LogP contribution >= 0.6 is 0 Å². The van der Waals surface area contributed by atoms with Crippen LogP contribution in [0, 0.1) is 0 Å². The van der Waals surface area contributed by atoms with Crippen molar-refractivity contribution < 1.29 is 9.47 Å². The smallest absolute Gasteiger partial charge is 0.221 e. The van der Waals surface area contributed by atoms with Crippen LogP contribution < -0.4 is 20.9 Å². The van der Waals surface area contributed by atoms with Gasteiger partial charge in [-0.25, -0.2) is 4.98 Å². The summed E-state index contributed by atoms with van der Waals surface area (Å²) in [6.07, 6.45) is 8.33. The zero-order valence-corrected chi connectivity index (χ0v) is 15.1. The molecular weight excluding hydrogens is 316 g/mol. The van der Waals surface area contributed by atoms with Gasteiger partial charge in [0.1, 0.15) is 5.82 Å². The minimum absolute atomic E-state index is 0.182. The van der Waals surface area contributed by atoms with Crippen LogP contribution in [0.15, 0.2) is 24.4 Å². The molecule has 0 unspecified atom stereocenters. The number of unbranched alkanes of at least 4 members (excludes halogenated alkanes) is 4. The summed E-state index contributed by atoms with van der Waals surface area (Å²) in [5.74, 6) is 2.07. The first-order valence-corrected chi connectivity index (χ1v) is 8.80. The lowest BCUT2D eigenvalue weighted by Gasteiger charge is -2.13. The Hall–Kier alpha value is -2.50. The molecule has 1 heterocycles. The lowest BCUT2D eigenvalue weighted by molar-refractivity contribution is 0.284. The third-order valence-electron chi connectivity index (χ3n) is 4.04. The predicted molar refractivity (Wildman–Crippen MR) is 101 cm³/mol. The molecule has 6 heteroatoms. The molecule has 0 atom stereocenters. The van der Waals surface area contributed by atoms with Gasteiger partial charge in [-0.1, -0.05) is 38.7 Å². The minimum atomic E-state index is 0.182. The molecule has 0 aliphatic rings. The topological polar surface area (TPSA) is 96.3 Å². The van der Waals surface area contributed by atoms with Crippen LogP contribution in [-0.2, 0) is 6.42 Å². The number of rotatable bonds is 10. The standard InChI is InChI=1S/C19H28N4O2/c1-3-4-5-6-7-10-25-16-9-8-14(12-17(16)24-2)11-15-13-22-19(21)23-18(15)20/h8-9,12-13H,3-7,10-11H2,1-2H3,(H4,20,21,22,23). The second-order valence-electron chi connectivity index (χ2n) is 6.06. The molecule has 0 spiro atoms. The fourth-order valence-electron chi connectivity index (χ4n) is 2.62. The molecule has 136 valence electrons. The van der Waals surface area contributed by atoms with E-state index < -0.39 is 0 Å². The molecule has 2 aromatic rings. The number of benzene rings is 1. The highest BCUT2D eigenvalue weighted by molar-refractivity contribution is 5.48.